The van der Waals surface area contributed by atoms with Crippen LogP contribution in [0.5, 0.6) is 0 Å². The largest absolute Gasteiger partial charge is 0.322 e. The van der Waals surface area contributed by atoms with Gasteiger partial charge in [-0.3, -0.25) is 14.9 Å². The van der Waals surface area contributed by atoms with Gasteiger partial charge in [0.15, 0.2) is 5.13 Å². The van der Waals surface area contributed by atoms with E-state index in [1.165, 1.54) is 29.5 Å². The Labute approximate surface area is 157 Å². The van der Waals surface area contributed by atoms with E-state index in [1.54, 1.807) is 36.4 Å². The van der Waals surface area contributed by atoms with Gasteiger partial charge in [0.25, 0.3) is 5.91 Å². The van der Waals surface area contributed by atoms with Crippen LogP contribution < -0.4 is 10.9 Å². The number of carbonyl (C=O) groups is 1. The Hall–Kier alpha value is -3.32. The molecule has 2 N–H and O–H groups in total. The zero-order valence-corrected chi connectivity index (χ0v) is 15.1. The summed E-state index contributed by atoms with van der Waals surface area (Å²) in [6.07, 6.45) is 0. The lowest BCUT2D eigenvalue weighted by Gasteiger charge is -2.05. The van der Waals surface area contributed by atoms with Crippen LogP contribution in [0.1, 0.15) is 15.2 Å². The second-order valence-electron chi connectivity index (χ2n) is 5.98. The van der Waals surface area contributed by atoms with Crippen LogP contribution in [0.15, 0.2) is 59.4 Å². The molecule has 4 aromatic rings. The fourth-order valence-corrected chi connectivity index (χ4v) is 3.71. The van der Waals surface area contributed by atoms with Gasteiger partial charge in [-0.05, 0) is 37.3 Å². The summed E-state index contributed by atoms with van der Waals surface area (Å²) in [7, 11) is 0. The summed E-state index contributed by atoms with van der Waals surface area (Å²) in [5.74, 6) is -0.724. The van der Waals surface area contributed by atoms with Crippen molar-refractivity contribution in [2.24, 2.45) is 0 Å². The first kappa shape index (κ1) is 17.1. The molecule has 0 unspecified atom stereocenters. The SMILES string of the molecule is Cc1sc(NC(=O)c2cc(=O)[nH]c3ccccc23)nc1-c1ccc(F)cc1. The van der Waals surface area contributed by atoms with Gasteiger partial charge in [0.05, 0.1) is 11.3 Å². The van der Waals surface area contributed by atoms with Crippen molar-refractivity contribution in [2.75, 3.05) is 5.32 Å². The Morgan fingerprint density at radius 3 is 2.67 bits per heavy atom. The minimum atomic E-state index is -0.406. The van der Waals surface area contributed by atoms with Crippen LogP contribution in [0.2, 0.25) is 0 Å². The van der Waals surface area contributed by atoms with Gasteiger partial charge in [0.1, 0.15) is 5.82 Å². The van der Waals surface area contributed by atoms with E-state index in [0.29, 0.717) is 21.7 Å². The average molecular weight is 379 g/mol. The van der Waals surface area contributed by atoms with Crippen molar-refractivity contribution in [3.63, 3.8) is 0 Å². The zero-order chi connectivity index (χ0) is 19.0. The summed E-state index contributed by atoms with van der Waals surface area (Å²) in [6.45, 7) is 1.88. The predicted octanol–water partition coefficient (Wildman–Crippen LogP) is 4.35. The second kappa shape index (κ2) is 6.77. The number of rotatable bonds is 3. The van der Waals surface area contributed by atoms with Crippen LogP contribution >= 0.6 is 11.3 Å². The number of halogens is 1. The van der Waals surface area contributed by atoms with Crippen LogP contribution in [0.3, 0.4) is 0 Å². The number of carbonyl (C=O) groups excluding carboxylic acids is 1. The molecule has 0 fully saturated rings. The molecule has 0 atom stereocenters. The first-order valence-corrected chi connectivity index (χ1v) is 9.00. The average Bonchev–Trinajstić information content (AvgIpc) is 3.01. The molecule has 0 bridgehead atoms. The van der Waals surface area contributed by atoms with Gasteiger partial charge in [0, 0.05) is 27.4 Å². The van der Waals surface area contributed by atoms with E-state index >= 15 is 0 Å². The minimum absolute atomic E-state index is 0.283. The third kappa shape index (κ3) is 3.37. The topological polar surface area (TPSA) is 74.8 Å². The molecule has 0 aliphatic heterocycles. The molecule has 0 radical (unpaired) electrons. The Morgan fingerprint density at radius 2 is 1.89 bits per heavy atom. The number of hydrogen-bond acceptors (Lipinski definition) is 4. The molecule has 2 aromatic heterocycles. The standard InChI is InChI=1S/C20H14FN3O2S/c1-11-18(12-6-8-13(21)9-7-12)23-20(27-11)24-19(26)15-10-17(25)22-16-5-3-2-4-14(15)16/h2-10H,1H3,(H,22,25)(H,23,24,26). The molecule has 1 amide bonds. The smallest absolute Gasteiger partial charge is 0.258 e. The number of H-pyrrole nitrogens is 1. The third-order valence-electron chi connectivity index (χ3n) is 4.13. The highest BCUT2D eigenvalue weighted by Crippen LogP contribution is 2.31. The molecular formula is C20H14FN3O2S. The quantitative estimate of drug-likeness (QED) is 0.556. The van der Waals surface area contributed by atoms with Crippen molar-refractivity contribution in [3.05, 3.63) is 81.2 Å². The van der Waals surface area contributed by atoms with E-state index in [9.17, 15) is 14.0 Å². The normalized spacial score (nSPS) is 10.9. The highest BCUT2D eigenvalue weighted by Gasteiger charge is 2.16. The number of nitrogens with one attached hydrogen (secondary N) is 2. The van der Waals surface area contributed by atoms with E-state index in [-0.39, 0.29) is 16.9 Å². The Balaban J connectivity index is 1.67. The Kier molecular flexibility index (Phi) is 4.29. The molecule has 27 heavy (non-hydrogen) atoms. The van der Waals surface area contributed by atoms with Crippen LogP contribution in [-0.4, -0.2) is 15.9 Å². The second-order valence-corrected chi connectivity index (χ2v) is 7.18. The molecule has 134 valence electrons. The number of hydrogen-bond donors (Lipinski definition) is 2. The van der Waals surface area contributed by atoms with E-state index in [1.807, 2.05) is 6.92 Å². The summed E-state index contributed by atoms with van der Waals surface area (Å²) in [4.78, 5) is 32.6. The Bertz CT molecular complexity index is 1210. The number of benzene rings is 2. The fraction of sp³-hybridized carbons (Fsp3) is 0.0500. The van der Waals surface area contributed by atoms with Gasteiger partial charge < -0.3 is 4.98 Å². The molecule has 5 nitrogen and oxygen atoms in total. The number of pyridine rings is 1. The molecule has 7 heteroatoms. The van der Waals surface area contributed by atoms with Gasteiger partial charge in [-0.15, -0.1) is 11.3 Å². The zero-order valence-electron chi connectivity index (χ0n) is 14.2. The van der Waals surface area contributed by atoms with E-state index in [4.69, 9.17) is 0 Å². The molecule has 2 aromatic carbocycles. The number of para-hydroxylation sites is 1. The molecular weight excluding hydrogens is 365 g/mol. The molecule has 0 aliphatic rings. The maximum absolute atomic E-state index is 13.1. The number of aromatic amines is 1. The van der Waals surface area contributed by atoms with Gasteiger partial charge in [-0.25, -0.2) is 9.37 Å². The summed E-state index contributed by atoms with van der Waals surface area (Å²) >= 11 is 1.32. The van der Waals surface area contributed by atoms with Crippen molar-refractivity contribution >= 4 is 33.3 Å². The summed E-state index contributed by atoms with van der Waals surface area (Å²) in [5, 5.41) is 3.83. The number of amides is 1. The highest BCUT2D eigenvalue weighted by atomic mass is 32.1. The van der Waals surface area contributed by atoms with Crippen LogP contribution in [0, 0.1) is 12.7 Å². The lowest BCUT2D eigenvalue weighted by molar-refractivity contribution is 0.102. The maximum atomic E-state index is 13.1. The molecule has 0 saturated carbocycles. The van der Waals surface area contributed by atoms with Crippen LogP contribution in [-0.2, 0) is 0 Å². The van der Waals surface area contributed by atoms with Crippen molar-refractivity contribution in [3.8, 4) is 11.3 Å². The summed E-state index contributed by atoms with van der Waals surface area (Å²) < 4.78 is 13.1. The van der Waals surface area contributed by atoms with E-state index < -0.39 is 5.91 Å². The van der Waals surface area contributed by atoms with Gasteiger partial charge in [0.2, 0.25) is 5.56 Å². The monoisotopic (exact) mass is 379 g/mol. The molecule has 4 rings (SSSR count). The van der Waals surface area contributed by atoms with Gasteiger partial charge in [-0.2, -0.15) is 0 Å². The summed E-state index contributed by atoms with van der Waals surface area (Å²) in [6, 6.07) is 14.4. The first-order valence-electron chi connectivity index (χ1n) is 8.18. The molecule has 0 saturated heterocycles. The minimum Gasteiger partial charge on any atom is -0.322 e. The van der Waals surface area contributed by atoms with Crippen LogP contribution in [0.25, 0.3) is 22.2 Å². The van der Waals surface area contributed by atoms with Crippen molar-refractivity contribution < 1.29 is 9.18 Å². The molecule has 2 heterocycles. The van der Waals surface area contributed by atoms with Gasteiger partial charge in [-0.1, -0.05) is 18.2 Å². The number of nitrogens with zero attached hydrogens (tertiary/aromatic N) is 1. The number of fused-ring (bicyclic) bond motifs is 1. The number of aromatic nitrogens is 2. The third-order valence-corrected chi connectivity index (χ3v) is 5.02. The lowest BCUT2D eigenvalue weighted by atomic mass is 10.1. The summed E-state index contributed by atoms with van der Waals surface area (Å²) in [5.41, 5.74) is 1.99. The van der Waals surface area contributed by atoms with Crippen molar-refractivity contribution in [2.45, 2.75) is 6.92 Å². The van der Waals surface area contributed by atoms with Gasteiger partial charge >= 0.3 is 0 Å². The number of aryl methyl sites for hydroxylation is 1. The number of thiazole rings is 1. The predicted molar refractivity (Wildman–Crippen MR) is 105 cm³/mol. The molecule has 0 aliphatic carbocycles. The van der Waals surface area contributed by atoms with E-state index in [2.05, 4.69) is 15.3 Å². The van der Waals surface area contributed by atoms with Crippen molar-refractivity contribution in [1.29, 1.82) is 0 Å². The number of anilines is 1. The Morgan fingerprint density at radius 1 is 1.15 bits per heavy atom. The molecule has 0 spiro atoms. The lowest BCUT2D eigenvalue weighted by Crippen LogP contribution is -2.16. The van der Waals surface area contributed by atoms with Crippen LogP contribution in [0.4, 0.5) is 9.52 Å². The highest BCUT2D eigenvalue weighted by molar-refractivity contribution is 7.16. The van der Waals surface area contributed by atoms with E-state index in [0.717, 1.165) is 10.4 Å². The fourth-order valence-electron chi connectivity index (χ4n) is 2.88. The van der Waals surface area contributed by atoms with Crippen molar-refractivity contribution in [1.82, 2.24) is 9.97 Å². The maximum Gasteiger partial charge on any atom is 0.258 e. The first-order chi connectivity index (χ1) is 13.0.